The van der Waals surface area contributed by atoms with Crippen molar-refractivity contribution in [1.29, 1.82) is 0 Å². The maximum atomic E-state index is 13.2. The fourth-order valence-corrected chi connectivity index (χ4v) is 4.61. The maximum absolute atomic E-state index is 13.2. The van der Waals surface area contributed by atoms with E-state index < -0.39 is 15.4 Å². The lowest BCUT2D eigenvalue weighted by atomic mass is 9.78. The van der Waals surface area contributed by atoms with Crippen molar-refractivity contribution in [3.8, 4) is 5.75 Å². The molecule has 0 spiro atoms. The van der Waals surface area contributed by atoms with Gasteiger partial charge in [0.15, 0.2) is 0 Å². The summed E-state index contributed by atoms with van der Waals surface area (Å²) in [5.41, 5.74) is 0.705. The van der Waals surface area contributed by atoms with Crippen molar-refractivity contribution in [3.05, 3.63) is 52.5 Å². The van der Waals surface area contributed by atoms with Gasteiger partial charge in [0.2, 0.25) is 15.9 Å². The third-order valence-electron chi connectivity index (χ3n) is 5.02. The van der Waals surface area contributed by atoms with Crippen molar-refractivity contribution in [2.45, 2.75) is 36.0 Å². The Kier molecular flexibility index (Phi) is 5.60. The number of primary sulfonamides is 1. The standard InChI is InChI=1S/C19H21BrN2O4S/c1-26-16-9-8-15(12-17(16)27(21,24)25)22-18(23)19(10-2-3-11-19)13-4-6-14(20)7-5-13/h4-9,12H,2-3,10-11H2,1H3,(H,22,23)(H2,21,24,25). The van der Waals surface area contributed by atoms with E-state index in [1.807, 2.05) is 24.3 Å². The minimum atomic E-state index is -3.98. The summed E-state index contributed by atoms with van der Waals surface area (Å²) in [6.07, 6.45) is 3.43. The van der Waals surface area contributed by atoms with Crippen molar-refractivity contribution in [2.24, 2.45) is 5.14 Å². The lowest BCUT2D eigenvalue weighted by molar-refractivity contribution is -0.121. The third-order valence-corrected chi connectivity index (χ3v) is 6.48. The minimum Gasteiger partial charge on any atom is -0.495 e. The summed E-state index contributed by atoms with van der Waals surface area (Å²) in [5.74, 6) is -0.00755. The van der Waals surface area contributed by atoms with Crippen LogP contribution in [0.25, 0.3) is 0 Å². The van der Waals surface area contributed by atoms with Gasteiger partial charge in [0.1, 0.15) is 10.6 Å². The molecule has 0 unspecified atom stereocenters. The van der Waals surface area contributed by atoms with E-state index >= 15 is 0 Å². The second-order valence-corrected chi connectivity index (χ2v) is 9.11. The number of carbonyl (C=O) groups excluding carboxylic acids is 1. The second-order valence-electron chi connectivity index (χ2n) is 6.66. The molecule has 3 N–H and O–H groups in total. The smallest absolute Gasteiger partial charge is 0.241 e. The molecule has 3 rings (SSSR count). The van der Waals surface area contributed by atoms with Gasteiger partial charge in [-0.05, 0) is 48.7 Å². The van der Waals surface area contributed by atoms with Gasteiger partial charge in [-0.3, -0.25) is 4.79 Å². The monoisotopic (exact) mass is 452 g/mol. The fourth-order valence-electron chi connectivity index (χ4n) is 3.62. The van der Waals surface area contributed by atoms with Crippen LogP contribution >= 0.6 is 15.9 Å². The molecule has 0 saturated heterocycles. The molecule has 0 aliphatic heterocycles. The summed E-state index contributed by atoms with van der Waals surface area (Å²) in [6, 6.07) is 12.2. The molecule has 2 aromatic rings. The zero-order valence-corrected chi connectivity index (χ0v) is 17.3. The summed E-state index contributed by atoms with van der Waals surface area (Å²) in [4.78, 5) is 13.0. The first-order valence-corrected chi connectivity index (χ1v) is 10.9. The minimum absolute atomic E-state index is 0.138. The van der Waals surface area contributed by atoms with Crippen LogP contribution in [0.1, 0.15) is 31.2 Å². The van der Waals surface area contributed by atoms with Crippen LogP contribution < -0.4 is 15.2 Å². The molecule has 1 amide bonds. The highest BCUT2D eigenvalue weighted by molar-refractivity contribution is 9.10. The predicted molar refractivity (Wildman–Crippen MR) is 107 cm³/mol. The maximum Gasteiger partial charge on any atom is 0.241 e. The molecule has 2 aromatic carbocycles. The molecule has 1 saturated carbocycles. The highest BCUT2D eigenvalue weighted by Crippen LogP contribution is 2.42. The number of hydrogen-bond acceptors (Lipinski definition) is 4. The number of nitrogens with two attached hydrogens (primary N) is 1. The molecule has 144 valence electrons. The van der Waals surface area contributed by atoms with Crippen LogP contribution in [0.15, 0.2) is 51.8 Å². The van der Waals surface area contributed by atoms with Gasteiger partial charge in [0, 0.05) is 10.2 Å². The molecule has 0 bridgehead atoms. The molecule has 0 radical (unpaired) electrons. The van der Waals surface area contributed by atoms with E-state index in [2.05, 4.69) is 21.2 Å². The highest BCUT2D eigenvalue weighted by Gasteiger charge is 2.42. The Morgan fingerprint density at radius 1 is 1.15 bits per heavy atom. The van der Waals surface area contributed by atoms with Crippen molar-refractivity contribution in [1.82, 2.24) is 0 Å². The number of amides is 1. The van der Waals surface area contributed by atoms with Crippen LogP contribution in [-0.2, 0) is 20.2 Å². The van der Waals surface area contributed by atoms with Gasteiger partial charge in [-0.15, -0.1) is 0 Å². The van der Waals surface area contributed by atoms with E-state index in [9.17, 15) is 13.2 Å². The Hall–Kier alpha value is -1.90. The van der Waals surface area contributed by atoms with E-state index in [4.69, 9.17) is 9.88 Å². The average molecular weight is 453 g/mol. The first-order valence-electron chi connectivity index (χ1n) is 8.55. The summed E-state index contributed by atoms with van der Waals surface area (Å²) in [5, 5.41) is 8.14. The summed E-state index contributed by atoms with van der Waals surface area (Å²) in [6.45, 7) is 0. The number of carbonyl (C=O) groups is 1. The number of ether oxygens (including phenoxy) is 1. The van der Waals surface area contributed by atoms with Crippen LogP contribution in [0.3, 0.4) is 0 Å². The van der Waals surface area contributed by atoms with E-state index in [0.717, 1.165) is 35.7 Å². The van der Waals surface area contributed by atoms with E-state index in [0.29, 0.717) is 5.69 Å². The average Bonchev–Trinajstić information content (AvgIpc) is 3.12. The van der Waals surface area contributed by atoms with Gasteiger partial charge in [-0.1, -0.05) is 40.9 Å². The lowest BCUT2D eigenvalue weighted by Gasteiger charge is -2.28. The first-order chi connectivity index (χ1) is 12.8. The largest absolute Gasteiger partial charge is 0.495 e. The van der Waals surface area contributed by atoms with Gasteiger partial charge < -0.3 is 10.1 Å². The van der Waals surface area contributed by atoms with Crippen LogP contribution in [0, 0.1) is 0 Å². The van der Waals surface area contributed by atoms with Gasteiger partial charge in [0.05, 0.1) is 12.5 Å². The van der Waals surface area contributed by atoms with Crippen molar-refractivity contribution in [3.63, 3.8) is 0 Å². The van der Waals surface area contributed by atoms with Gasteiger partial charge in [-0.2, -0.15) is 0 Å². The molecular weight excluding hydrogens is 432 g/mol. The first kappa shape index (κ1) is 19.9. The molecule has 0 aromatic heterocycles. The molecule has 8 heteroatoms. The SMILES string of the molecule is COc1ccc(NC(=O)C2(c3ccc(Br)cc3)CCCC2)cc1S(N)(=O)=O. The Morgan fingerprint density at radius 2 is 1.78 bits per heavy atom. The van der Waals surface area contributed by atoms with Crippen LogP contribution in [0.2, 0.25) is 0 Å². The van der Waals surface area contributed by atoms with Crippen LogP contribution in [-0.4, -0.2) is 21.4 Å². The quantitative estimate of drug-likeness (QED) is 0.724. The van der Waals surface area contributed by atoms with Crippen molar-refractivity contribution < 1.29 is 17.9 Å². The molecule has 1 aliphatic carbocycles. The Balaban J connectivity index is 1.94. The number of rotatable bonds is 5. The van der Waals surface area contributed by atoms with Gasteiger partial charge in [0.25, 0.3) is 0 Å². The molecule has 1 aliphatic rings. The second kappa shape index (κ2) is 7.61. The fraction of sp³-hybridized carbons (Fsp3) is 0.316. The van der Waals surface area contributed by atoms with Crippen molar-refractivity contribution >= 4 is 37.5 Å². The van der Waals surface area contributed by atoms with Gasteiger partial charge in [-0.25, -0.2) is 13.6 Å². The molecule has 1 fully saturated rings. The number of sulfonamides is 1. The lowest BCUT2D eigenvalue weighted by Crippen LogP contribution is -2.38. The van der Waals surface area contributed by atoms with Crippen LogP contribution in [0.4, 0.5) is 5.69 Å². The molecule has 6 nitrogen and oxygen atoms in total. The third kappa shape index (κ3) is 4.02. The Bertz CT molecular complexity index is 952. The number of anilines is 1. The van der Waals surface area contributed by atoms with E-state index in [1.54, 1.807) is 6.07 Å². The number of nitrogens with one attached hydrogen (secondary N) is 1. The topological polar surface area (TPSA) is 98.5 Å². The van der Waals surface area contributed by atoms with E-state index in [1.165, 1.54) is 19.2 Å². The Labute approximate surface area is 167 Å². The predicted octanol–water partition coefficient (Wildman–Crippen LogP) is 3.56. The van der Waals surface area contributed by atoms with Crippen molar-refractivity contribution in [2.75, 3.05) is 12.4 Å². The van der Waals surface area contributed by atoms with E-state index in [-0.39, 0.29) is 16.6 Å². The molecule has 0 atom stereocenters. The molecular formula is C19H21BrN2O4S. The zero-order valence-electron chi connectivity index (χ0n) is 14.9. The molecule has 0 heterocycles. The number of halogens is 1. The summed E-state index contributed by atoms with van der Waals surface area (Å²) < 4.78 is 29.6. The van der Waals surface area contributed by atoms with Crippen LogP contribution in [0.5, 0.6) is 5.75 Å². The summed E-state index contributed by atoms with van der Waals surface area (Å²) in [7, 11) is -2.61. The molecule has 27 heavy (non-hydrogen) atoms. The highest BCUT2D eigenvalue weighted by atomic mass is 79.9. The Morgan fingerprint density at radius 3 is 2.33 bits per heavy atom. The number of benzene rings is 2. The normalized spacial score (nSPS) is 16.1. The zero-order chi connectivity index (χ0) is 19.7. The summed E-state index contributed by atoms with van der Waals surface area (Å²) >= 11 is 3.42. The van der Waals surface area contributed by atoms with Gasteiger partial charge >= 0.3 is 0 Å². The number of hydrogen-bond donors (Lipinski definition) is 2. The number of methoxy groups -OCH3 is 1.